The minimum Gasteiger partial charge on any atom is -0.370 e. The van der Waals surface area contributed by atoms with Gasteiger partial charge in [-0.05, 0) is 57.7 Å². The highest BCUT2D eigenvalue weighted by Crippen LogP contribution is 2.23. The lowest BCUT2D eigenvalue weighted by molar-refractivity contribution is 0.0949. The molecule has 0 atom stereocenters. The van der Waals surface area contributed by atoms with Gasteiger partial charge in [0.2, 0.25) is 0 Å². The summed E-state index contributed by atoms with van der Waals surface area (Å²) >= 11 is 0. The summed E-state index contributed by atoms with van der Waals surface area (Å²) < 4.78 is 1.62. The van der Waals surface area contributed by atoms with Gasteiger partial charge >= 0.3 is 0 Å². The number of nitrogens with zero attached hydrogens (tertiary/aromatic N) is 3. The quantitative estimate of drug-likeness (QED) is 0.388. The number of hydrogen-bond acceptors (Lipinski definition) is 5. The van der Waals surface area contributed by atoms with Crippen LogP contribution in [0, 0.1) is 6.92 Å². The number of nitrogens with one attached hydrogen (secondary N) is 3. The fourth-order valence-electron chi connectivity index (χ4n) is 3.00. The first-order valence-electron chi connectivity index (χ1n) is 11.7. The van der Waals surface area contributed by atoms with Crippen molar-refractivity contribution in [2.45, 2.75) is 66.8 Å². The van der Waals surface area contributed by atoms with Gasteiger partial charge in [-0.1, -0.05) is 32.9 Å². The number of hydrogen-bond donors (Lipinski definition) is 3. The first kappa shape index (κ1) is 25.8. The second kappa shape index (κ2) is 12.6. The van der Waals surface area contributed by atoms with E-state index in [2.05, 4.69) is 26.0 Å². The van der Waals surface area contributed by atoms with Crippen molar-refractivity contribution in [2.75, 3.05) is 17.2 Å². The Labute approximate surface area is 196 Å². The number of rotatable bonds is 8. The topological polar surface area (TPSA) is 100 Å². The summed E-state index contributed by atoms with van der Waals surface area (Å²) in [5.74, 6) is 0.800. The monoisotopic (exact) mass is 452 g/mol. The minimum absolute atomic E-state index is 0.119. The van der Waals surface area contributed by atoms with Gasteiger partial charge in [0, 0.05) is 30.0 Å². The number of anilines is 2. The predicted molar refractivity (Wildman–Crippen MR) is 135 cm³/mol. The van der Waals surface area contributed by atoms with Gasteiger partial charge in [-0.25, -0.2) is 9.67 Å². The normalized spacial score (nSPS) is 13.3. The van der Waals surface area contributed by atoms with Gasteiger partial charge in [0.05, 0.1) is 6.20 Å². The van der Waals surface area contributed by atoms with Gasteiger partial charge in [0.25, 0.3) is 11.8 Å². The average Bonchev–Trinajstić information content (AvgIpc) is 3.53. The Morgan fingerprint density at radius 2 is 1.94 bits per heavy atom. The van der Waals surface area contributed by atoms with E-state index in [4.69, 9.17) is 0 Å². The Kier molecular flexibility index (Phi) is 9.84. The molecule has 0 bridgehead atoms. The maximum absolute atomic E-state index is 13.1. The second-order valence-corrected chi connectivity index (χ2v) is 7.55. The third-order valence-corrected chi connectivity index (χ3v) is 4.93. The van der Waals surface area contributed by atoms with Crippen LogP contribution in [0.4, 0.5) is 11.5 Å². The van der Waals surface area contributed by atoms with Crippen molar-refractivity contribution < 1.29 is 9.59 Å². The molecule has 3 rings (SSSR count). The van der Waals surface area contributed by atoms with Crippen LogP contribution in [0.1, 0.15) is 80.2 Å². The lowest BCUT2D eigenvalue weighted by Gasteiger charge is -2.12. The molecule has 2 amide bonds. The fourth-order valence-corrected chi connectivity index (χ4v) is 3.00. The predicted octanol–water partition coefficient (Wildman–Crippen LogP) is 4.98. The highest BCUT2D eigenvalue weighted by Gasteiger charge is 2.24. The van der Waals surface area contributed by atoms with Crippen LogP contribution < -0.4 is 16.0 Å². The molecule has 1 aromatic heterocycles. The molecule has 1 aromatic carbocycles. The van der Waals surface area contributed by atoms with Crippen molar-refractivity contribution in [3.05, 3.63) is 53.4 Å². The highest BCUT2D eigenvalue weighted by molar-refractivity contribution is 6.09. The lowest BCUT2D eigenvalue weighted by atomic mass is 10.1. The molecule has 0 spiro atoms. The first-order chi connectivity index (χ1) is 15.9. The second-order valence-electron chi connectivity index (χ2n) is 7.55. The SMILES string of the molecule is CC.CC/C=C\N=C(C)n1ncc(C(=O)Nc2cc(C(=O)NC3CC3)ccc2C)c1NCC. The van der Waals surface area contributed by atoms with Crippen molar-refractivity contribution in [3.8, 4) is 0 Å². The number of aryl methyl sites for hydroxylation is 1. The summed E-state index contributed by atoms with van der Waals surface area (Å²) in [7, 11) is 0. The molecular weight excluding hydrogens is 416 g/mol. The molecule has 1 fully saturated rings. The maximum Gasteiger partial charge on any atom is 0.261 e. The summed E-state index contributed by atoms with van der Waals surface area (Å²) in [5, 5.41) is 13.5. The van der Waals surface area contributed by atoms with E-state index >= 15 is 0 Å². The van der Waals surface area contributed by atoms with Crippen molar-refractivity contribution in [1.82, 2.24) is 15.1 Å². The number of aromatic nitrogens is 2. The van der Waals surface area contributed by atoms with E-state index in [1.807, 2.05) is 53.7 Å². The minimum atomic E-state index is -0.304. The molecule has 1 aliphatic rings. The van der Waals surface area contributed by atoms with Crippen LogP contribution in [-0.4, -0.2) is 40.0 Å². The average molecular weight is 453 g/mol. The Morgan fingerprint density at radius 1 is 1.21 bits per heavy atom. The molecule has 0 saturated heterocycles. The molecule has 3 N–H and O–H groups in total. The third-order valence-electron chi connectivity index (χ3n) is 4.93. The van der Waals surface area contributed by atoms with E-state index in [9.17, 15) is 9.59 Å². The summed E-state index contributed by atoms with van der Waals surface area (Å²) in [5.41, 5.74) is 2.40. The molecular formula is C25H36N6O2. The van der Waals surface area contributed by atoms with Gasteiger partial charge in [0.1, 0.15) is 17.2 Å². The molecule has 0 aliphatic heterocycles. The number of carbonyl (C=O) groups excluding carboxylic acids is 2. The molecule has 8 heteroatoms. The highest BCUT2D eigenvalue weighted by atomic mass is 16.2. The Balaban J connectivity index is 0.00000187. The number of benzene rings is 1. The molecule has 33 heavy (non-hydrogen) atoms. The van der Waals surface area contributed by atoms with Crippen molar-refractivity contribution in [3.63, 3.8) is 0 Å². The van der Waals surface area contributed by atoms with E-state index in [0.29, 0.717) is 35.0 Å². The molecule has 178 valence electrons. The molecule has 1 heterocycles. The van der Waals surface area contributed by atoms with Crippen molar-refractivity contribution in [2.24, 2.45) is 4.99 Å². The molecule has 2 aromatic rings. The van der Waals surface area contributed by atoms with Crippen molar-refractivity contribution in [1.29, 1.82) is 0 Å². The summed E-state index contributed by atoms with van der Waals surface area (Å²) in [6.07, 6.45) is 8.14. The van der Waals surface area contributed by atoms with Crippen LogP contribution in [0.25, 0.3) is 0 Å². The smallest absolute Gasteiger partial charge is 0.261 e. The van der Waals surface area contributed by atoms with Gasteiger partial charge in [0.15, 0.2) is 0 Å². The molecule has 0 unspecified atom stereocenters. The Bertz CT molecular complexity index is 1020. The van der Waals surface area contributed by atoms with Crippen LogP contribution in [0.5, 0.6) is 0 Å². The van der Waals surface area contributed by atoms with Gasteiger partial charge < -0.3 is 16.0 Å². The van der Waals surface area contributed by atoms with Crippen LogP contribution in [0.15, 0.2) is 41.7 Å². The van der Waals surface area contributed by atoms with Crippen LogP contribution in [-0.2, 0) is 0 Å². The molecule has 1 saturated carbocycles. The summed E-state index contributed by atoms with van der Waals surface area (Å²) in [4.78, 5) is 29.8. The standard InChI is InChI=1S/C23H30N6O2.C2H6/c1-5-7-12-25-16(4)29-21(24-6-2)19(14-26-29)23(31)28-20-13-17(9-8-15(20)3)22(30)27-18-10-11-18;1-2/h7-9,12-14,18,24H,5-6,10-11H2,1-4H3,(H,27,30)(H,28,31);1-2H3/b12-7-,25-16?;. The third kappa shape index (κ3) is 7.03. The lowest BCUT2D eigenvalue weighted by Crippen LogP contribution is -2.25. The van der Waals surface area contributed by atoms with Gasteiger partial charge in [-0.15, -0.1) is 0 Å². The van der Waals surface area contributed by atoms with Crippen LogP contribution in [0.3, 0.4) is 0 Å². The number of amides is 2. The fraction of sp³-hybridized carbons (Fsp3) is 0.440. The zero-order valence-corrected chi connectivity index (χ0v) is 20.5. The molecule has 8 nitrogen and oxygen atoms in total. The van der Waals surface area contributed by atoms with Gasteiger partial charge in [-0.3, -0.25) is 9.59 Å². The maximum atomic E-state index is 13.1. The molecule has 1 aliphatic carbocycles. The zero-order chi connectivity index (χ0) is 24.4. The summed E-state index contributed by atoms with van der Waals surface area (Å²) in [6.45, 7) is 12.3. The van der Waals surface area contributed by atoms with Gasteiger partial charge in [-0.2, -0.15) is 5.10 Å². The Morgan fingerprint density at radius 3 is 2.58 bits per heavy atom. The van der Waals surface area contributed by atoms with E-state index in [0.717, 1.165) is 24.8 Å². The Hall–Kier alpha value is -3.42. The van der Waals surface area contributed by atoms with E-state index in [1.54, 1.807) is 23.0 Å². The summed E-state index contributed by atoms with van der Waals surface area (Å²) in [6, 6.07) is 5.60. The number of carbonyl (C=O) groups is 2. The molecule has 0 radical (unpaired) electrons. The zero-order valence-electron chi connectivity index (χ0n) is 20.5. The van der Waals surface area contributed by atoms with Crippen LogP contribution >= 0.6 is 0 Å². The van der Waals surface area contributed by atoms with E-state index in [1.165, 1.54) is 6.20 Å². The van der Waals surface area contributed by atoms with E-state index < -0.39 is 0 Å². The number of allylic oxidation sites excluding steroid dienone is 1. The van der Waals surface area contributed by atoms with Crippen LogP contribution in [0.2, 0.25) is 0 Å². The van der Waals surface area contributed by atoms with E-state index in [-0.39, 0.29) is 17.9 Å². The van der Waals surface area contributed by atoms with Crippen molar-refractivity contribution >= 4 is 29.2 Å². The largest absolute Gasteiger partial charge is 0.370 e. The first-order valence-corrected chi connectivity index (χ1v) is 11.7. The number of aliphatic imine (C=N–C) groups is 1.